The number of hydrogen-bond donors (Lipinski definition) is 1. The number of hydrogen-bond acceptors (Lipinski definition) is 2. The van der Waals surface area contributed by atoms with E-state index in [0.717, 1.165) is 24.0 Å². The number of alkyl halides is 1. The van der Waals surface area contributed by atoms with E-state index in [1.54, 1.807) is 12.1 Å². The van der Waals surface area contributed by atoms with Gasteiger partial charge in [-0.2, -0.15) is 0 Å². The van der Waals surface area contributed by atoms with Crippen LogP contribution >= 0.6 is 15.9 Å². The smallest absolute Gasteiger partial charge is 0.211 e. The molecule has 1 atom stereocenters. The maximum atomic E-state index is 12.0. The van der Waals surface area contributed by atoms with E-state index in [0.29, 0.717) is 16.3 Å². The number of sulfonamides is 1. The van der Waals surface area contributed by atoms with Crippen molar-refractivity contribution in [1.29, 1.82) is 0 Å². The summed E-state index contributed by atoms with van der Waals surface area (Å²) in [6.07, 6.45) is 1.78. The van der Waals surface area contributed by atoms with Crippen LogP contribution < -0.4 is 4.72 Å². The van der Waals surface area contributed by atoms with Gasteiger partial charge >= 0.3 is 0 Å². The Hall–Kier alpha value is -0.390. The normalized spacial score (nSPS) is 13.6. The highest BCUT2D eigenvalue weighted by atomic mass is 79.9. The molecule has 0 aliphatic heterocycles. The first kappa shape index (κ1) is 15.7. The van der Waals surface area contributed by atoms with Gasteiger partial charge in [-0.25, -0.2) is 13.1 Å². The number of aryl methyl sites for hydroxylation is 2. The van der Waals surface area contributed by atoms with E-state index >= 15 is 0 Å². The van der Waals surface area contributed by atoms with Crippen molar-refractivity contribution in [2.24, 2.45) is 0 Å². The molecule has 3 nitrogen and oxygen atoms in total. The molecule has 18 heavy (non-hydrogen) atoms. The summed E-state index contributed by atoms with van der Waals surface area (Å²) in [5.41, 5.74) is 2.09. The highest BCUT2D eigenvalue weighted by Gasteiger charge is 2.14. The van der Waals surface area contributed by atoms with E-state index < -0.39 is 10.0 Å². The molecule has 0 bridgehead atoms. The van der Waals surface area contributed by atoms with Gasteiger partial charge in [0.25, 0.3) is 0 Å². The molecule has 5 heteroatoms. The number of benzene rings is 1. The fourth-order valence-electron chi connectivity index (χ4n) is 1.52. The third-order valence-electron chi connectivity index (χ3n) is 2.98. The summed E-state index contributed by atoms with van der Waals surface area (Å²) in [5.74, 6) is 0. The van der Waals surface area contributed by atoms with Crippen LogP contribution in [0.3, 0.4) is 0 Å². The monoisotopic (exact) mass is 333 g/mol. The van der Waals surface area contributed by atoms with E-state index in [1.165, 1.54) is 0 Å². The molecule has 0 saturated heterocycles. The van der Waals surface area contributed by atoms with Gasteiger partial charge in [0.1, 0.15) is 0 Å². The number of nitrogens with one attached hydrogen (secondary N) is 1. The SMILES string of the molecule is CCC(Br)CCNS(=O)(=O)c1ccc(C)c(C)c1. The molecule has 1 N–H and O–H groups in total. The summed E-state index contributed by atoms with van der Waals surface area (Å²) in [5, 5.41) is 0. The van der Waals surface area contributed by atoms with Crippen LogP contribution in [0.5, 0.6) is 0 Å². The average Bonchev–Trinajstić information content (AvgIpc) is 2.32. The molecule has 0 saturated carbocycles. The van der Waals surface area contributed by atoms with Crippen LogP contribution in [0.25, 0.3) is 0 Å². The Labute approximate surface area is 118 Å². The molecule has 0 aromatic heterocycles. The fourth-order valence-corrected chi connectivity index (χ4v) is 2.88. The molecule has 1 rings (SSSR count). The van der Waals surface area contributed by atoms with Crippen molar-refractivity contribution in [3.63, 3.8) is 0 Å². The predicted molar refractivity (Wildman–Crippen MR) is 78.7 cm³/mol. The van der Waals surface area contributed by atoms with E-state index in [1.807, 2.05) is 19.9 Å². The lowest BCUT2D eigenvalue weighted by Crippen LogP contribution is -2.26. The van der Waals surface area contributed by atoms with Crippen molar-refractivity contribution < 1.29 is 8.42 Å². The van der Waals surface area contributed by atoms with Gasteiger partial charge in [-0.15, -0.1) is 0 Å². The van der Waals surface area contributed by atoms with Gasteiger partial charge in [-0.05, 0) is 49.9 Å². The lowest BCUT2D eigenvalue weighted by molar-refractivity contribution is 0.577. The third kappa shape index (κ3) is 4.37. The van der Waals surface area contributed by atoms with Gasteiger partial charge in [-0.3, -0.25) is 0 Å². The Morgan fingerprint density at radius 3 is 2.50 bits per heavy atom. The molecular weight excluding hydrogens is 314 g/mol. The summed E-state index contributed by atoms with van der Waals surface area (Å²) in [6.45, 7) is 6.41. The molecule has 0 spiro atoms. The van der Waals surface area contributed by atoms with Crippen molar-refractivity contribution in [2.45, 2.75) is 43.3 Å². The molecule has 0 radical (unpaired) electrons. The zero-order valence-corrected chi connectivity index (χ0v) is 13.4. The molecule has 1 unspecified atom stereocenters. The highest BCUT2D eigenvalue weighted by Crippen LogP contribution is 2.15. The van der Waals surface area contributed by atoms with Crippen molar-refractivity contribution >= 4 is 26.0 Å². The third-order valence-corrected chi connectivity index (χ3v) is 5.55. The zero-order chi connectivity index (χ0) is 13.8. The Kier molecular flexibility index (Phi) is 5.82. The maximum absolute atomic E-state index is 12.0. The van der Waals surface area contributed by atoms with Crippen LogP contribution in [0, 0.1) is 13.8 Å². The minimum atomic E-state index is -3.37. The van der Waals surface area contributed by atoms with Crippen molar-refractivity contribution in [2.75, 3.05) is 6.54 Å². The molecule has 0 fully saturated rings. The fraction of sp³-hybridized carbons (Fsp3) is 0.538. The average molecular weight is 334 g/mol. The Morgan fingerprint density at radius 1 is 1.28 bits per heavy atom. The van der Waals surface area contributed by atoms with Crippen LogP contribution in [0.15, 0.2) is 23.1 Å². The second kappa shape index (κ2) is 6.68. The second-order valence-corrected chi connectivity index (χ2v) is 7.50. The van der Waals surface area contributed by atoms with Gasteiger partial charge in [-0.1, -0.05) is 28.9 Å². The molecule has 102 valence electrons. The summed E-state index contributed by atoms with van der Waals surface area (Å²) in [7, 11) is -3.37. The molecule has 1 aromatic rings. The molecular formula is C13H20BrNO2S. The van der Waals surface area contributed by atoms with Crippen molar-refractivity contribution in [3.05, 3.63) is 29.3 Å². The van der Waals surface area contributed by atoms with Gasteiger partial charge in [0, 0.05) is 11.4 Å². The van der Waals surface area contributed by atoms with Crippen molar-refractivity contribution in [1.82, 2.24) is 4.72 Å². The lowest BCUT2D eigenvalue weighted by atomic mass is 10.1. The van der Waals surface area contributed by atoms with E-state index in [-0.39, 0.29) is 0 Å². The highest BCUT2D eigenvalue weighted by molar-refractivity contribution is 9.09. The van der Waals surface area contributed by atoms with E-state index in [9.17, 15) is 8.42 Å². The van der Waals surface area contributed by atoms with Gasteiger partial charge in [0.05, 0.1) is 4.90 Å². The summed E-state index contributed by atoms with van der Waals surface area (Å²) < 4.78 is 26.7. The van der Waals surface area contributed by atoms with E-state index in [4.69, 9.17) is 0 Å². The second-order valence-electron chi connectivity index (χ2n) is 4.44. The van der Waals surface area contributed by atoms with Crippen LogP contribution in [0.2, 0.25) is 0 Å². The van der Waals surface area contributed by atoms with Gasteiger partial charge in [0.2, 0.25) is 10.0 Å². The minimum absolute atomic E-state index is 0.341. The van der Waals surface area contributed by atoms with Crippen LogP contribution in [-0.4, -0.2) is 19.8 Å². The minimum Gasteiger partial charge on any atom is -0.211 e. The van der Waals surface area contributed by atoms with Crippen molar-refractivity contribution in [3.8, 4) is 0 Å². The zero-order valence-electron chi connectivity index (χ0n) is 11.0. The standard InChI is InChI=1S/C13H20BrNO2S/c1-4-12(14)7-8-15-18(16,17)13-6-5-10(2)11(3)9-13/h5-6,9,12,15H,4,7-8H2,1-3H3. The molecule has 1 aromatic carbocycles. The van der Waals surface area contributed by atoms with Gasteiger partial charge in [0.15, 0.2) is 0 Å². The first-order chi connectivity index (χ1) is 8.36. The lowest BCUT2D eigenvalue weighted by Gasteiger charge is -2.10. The maximum Gasteiger partial charge on any atom is 0.240 e. The number of rotatable bonds is 6. The first-order valence-electron chi connectivity index (χ1n) is 6.07. The van der Waals surface area contributed by atoms with Crippen LogP contribution in [0.1, 0.15) is 30.9 Å². The summed E-state index contributed by atoms with van der Waals surface area (Å²) >= 11 is 3.49. The molecule has 0 heterocycles. The number of halogens is 1. The van der Waals surface area contributed by atoms with Gasteiger partial charge < -0.3 is 0 Å². The Bertz CT molecular complexity index is 500. The van der Waals surface area contributed by atoms with Crippen LogP contribution in [0.4, 0.5) is 0 Å². The Balaban J connectivity index is 2.71. The largest absolute Gasteiger partial charge is 0.240 e. The van der Waals surface area contributed by atoms with E-state index in [2.05, 4.69) is 27.6 Å². The summed E-state index contributed by atoms with van der Waals surface area (Å²) in [4.78, 5) is 0.702. The molecule has 0 aliphatic rings. The topological polar surface area (TPSA) is 46.2 Å². The Morgan fingerprint density at radius 2 is 1.94 bits per heavy atom. The summed E-state index contributed by atoms with van der Waals surface area (Å²) in [6, 6.07) is 5.20. The molecule has 0 amide bonds. The predicted octanol–water partition coefficient (Wildman–Crippen LogP) is 3.15. The quantitative estimate of drug-likeness (QED) is 0.813. The van der Waals surface area contributed by atoms with Crippen LogP contribution in [-0.2, 0) is 10.0 Å². The molecule has 0 aliphatic carbocycles. The first-order valence-corrected chi connectivity index (χ1v) is 8.47.